The lowest BCUT2D eigenvalue weighted by Gasteiger charge is -2.14. The molecule has 2 aromatic carbocycles. The Balaban J connectivity index is 0.00000204. The number of nitrogens with zero attached hydrogens (tertiary/aromatic N) is 4. The van der Waals surface area contributed by atoms with E-state index in [2.05, 4.69) is 34.9 Å². The Labute approximate surface area is 224 Å². The zero-order valence-electron chi connectivity index (χ0n) is 20.9. The first kappa shape index (κ1) is 30.7. The number of hydrogen-bond acceptors (Lipinski definition) is 5. The Hall–Kier alpha value is -2.29. The van der Waals surface area contributed by atoms with Crippen LogP contribution in [0.15, 0.2) is 30.5 Å². The number of fused-ring (bicyclic) bond motifs is 4. The van der Waals surface area contributed by atoms with Crippen LogP contribution in [0.1, 0.15) is 21.6 Å². The number of rotatable bonds is 6. The van der Waals surface area contributed by atoms with E-state index in [1.165, 1.54) is 0 Å². The molecule has 2 heterocycles. The SMILES string of the molecule is Cc1c2ccnc(C(=O)NCCN(C)C)c2cc2c3c(CN(C)C)c(O)ccc3n(C)c12.Cl.Cl.Cl. The van der Waals surface area contributed by atoms with E-state index < -0.39 is 0 Å². The van der Waals surface area contributed by atoms with Gasteiger partial charge in [0.1, 0.15) is 11.4 Å². The number of benzene rings is 2. The number of carbonyl (C=O) groups is 1. The first-order valence-electron chi connectivity index (χ1n) is 10.8. The molecular formula is C25H34Cl3N5O2. The monoisotopic (exact) mass is 541 g/mol. The number of hydrogen-bond donors (Lipinski definition) is 2. The second-order valence-corrected chi connectivity index (χ2v) is 8.97. The van der Waals surface area contributed by atoms with Gasteiger partial charge in [-0.1, -0.05) is 0 Å². The van der Waals surface area contributed by atoms with Crippen LogP contribution in [0, 0.1) is 6.92 Å². The average molecular weight is 543 g/mol. The third-order valence-electron chi connectivity index (χ3n) is 6.06. The zero-order chi connectivity index (χ0) is 23.2. The van der Waals surface area contributed by atoms with E-state index in [9.17, 15) is 9.90 Å². The summed E-state index contributed by atoms with van der Waals surface area (Å²) in [5, 5.41) is 17.5. The fraction of sp³-hybridized carbons (Fsp3) is 0.360. The predicted molar refractivity (Wildman–Crippen MR) is 152 cm³/mol. The van der Waals surface area contributed by atoms with Crippen molar-refractivity contribution < 1.29 is 9.90 Å². The van der Waals surface area contributed by atoms with Crippen molar-refractivity contribution in [3.8, 4) is 5.75 Å². The predicted octanol–water partition coefficient (Wildman–Crippen LogP) is 4.51. The first-order chi connectivity index (χ1) is 15.2. The van der Waals surface area contributed by atoms with E-state index in [1.807, 2.05) is 50.1 Å². The fourth-order valence-electron chi connectivity index (χ4n) is 4.57. The van der Waals surface area contributed by atoms with Gasteiger partial charge in [0.25, 0.3) is 5.91 Å². The summed E-state index contributed by atoms with van der Waals surface area (Å²) in [5.41, 5.74) is 4.56. The summed E-state index contributed by atoms with van der Waals surface area (Å²) in [6.07, 6.45) is 1.70. The maximum atomic E-state index is 13.0. The van der Waals surface area contributed by atoms with Crippen molar-refractivity contribution in [1.29, 1.82) is 0 Å². The summed E-state index contributed by atoms with van der Waals surface area (Å²) in [5.74, 6) is 0.108. The summed E-state index contributed by atoms with van der Waals surface area (Å²) in [6, 6.07) is 7.75. The minimum atomic E-state index is -0.173. The molecule has 2 N–H and O–H groups in total. The van der Waals surface area contributed by atoms with Gasteiger partial charge in [0.05, 0.1) is 5.52 Å². The second kappa shape index (κ2) is 12.1. The van der Waals surface area contributed by atoms with Gasteiger partial charge >= 0.3 is 0 Å². The maximum Gasteiger partial charge on any atom is 0.270 e. The van der Waals surface area contributed by atoms with Crippen LogP contribution in [-0.4, -0.2) is 71.6 Å². The molecule has 0 aliphatic carbocycles. The Morgan fingerprint density at radius 2 is 1.71 bits per heavy atom. The maximum absolute atomic E-state index is 13.0. The third kappa shape index (κ3) is 5.60. The van der Waals surface area contributed by atoms with Gasteiger partial charge in [-0.25, -0.2) is 0 Å². The van der Waals surface area contributed by atoms with E-state index in [4.69, 9.17) is 0 Å². The van der Waals surface area contributed by atoms with Gasteiger partial charge in [0.15, 0.2) is 0 Å². The summed E-state index contributed by atoms with van der Waals surface area (Å²) in [4.78, 5) is 21.5. The van der Waals surface area contributed by atoms with Crippen molar-refractivity contribution in [2.45, 2.75) is 13.5 Å². The molecule has 10 heteroatoms. The molecule has 1 amide bonds. The van der Waals surface area contributed by atoms with Gasteiger partial charge in [-0.05, 0) is 70.3 Å². The molecular weight excluding hydrogens is 509 g/mol. The van der Waals surface area contributed by atoms with Crippen molar-refractivity contribution in [1.82, 2.24) is 24.7 Å². The third-order valence-corrected chi connectivity index (χ3v) is 6.06. The van der Waals surface area contributed by atoms with Crippen LogP contribution >= 0.6 is 37.2 Å². The van der Waals surface area contributed by atoms with Crippen LogP contribution in [0.25, 0.3) is 32.6 Å². The number of nitrogens with one attached hydrogen (secondary N) is 1. The summed E-state index contributed by atoms with van der Waals surface area (Å²) < 4.78 is 2.18. The van der Waals surface area contributed by atoms with Crippen LogP contribution in [-0.2, 0) is 13.6 Å². The lowest BCUT2D eigenvalue weighted by Crippen LogP contribution is -2.31. The number of phenolic OH excluding ortho intramolecular Hbond substituents is 1. The quantitative estimate of drug-likeness (QED) is 0.375. The molecule has 0 unspecified atom stereocenters. The van der Waals surface area contributed by atoms with Crippen molar-refractivity contribution in [3.63, 3.8) is 0 Å². The van der Waals surface area contributed by atoms with Crippen LogP contribution in [0.2, 0.25) is 0 Å². The molecule has 0 saturated heterocycles. The first-order valence-corrected chi connectivity index (χ1v) is 10.8. The Morgan fingerprint density at radius 3 is 2.34 bits per heavy atom. The standard InChI is InChI=1S/C25H31N5O2.3ClH/c1-15-16-9-10-26-23(25(32)27-11-12-28(2)3)17(16)13-18-22-19(14-29(4)5)21(31)8-7-20(22)30(6)24(15)18;;;/h7-10,13,31H,11-12,14H2,1-6H3,(H,27,32);3*1H. The topological polar surface area (TPSA) is 73.6 Å². The number of phenols is 1. The van der Waals surface area contributed by atoms with Gasteiger partial charge in [0, 0.05) is 60.1 Å². The van der Waals surface area contributed by atoms with Gasteiger partial charge in [-0.2, -0.15) is 0 Å². The molecule has 35 heavy (non-hydrogen) atoms. The Kier molecular flexibility index (Phi) is 10.6. The van der Waals surface area contributed by atoms with E-state index in [0.717, 1.165) is 50.2 Å². The van der Waals surface area contributed by atoms with Gasteiger partial charge < -0.3 is 24.8 Å². The Morgan fingerprint density at radius 1 is 1.03 bits per heavy atom. The number of aromatic nitrogens is 2. The highest BCUT2D eigenvalue weighted by Crippen LogP contribution is 2.39. The summed E-state index contributed by atoms with van der Waals surface area (Å²) in [6.45, 7) is 4.02. The molecule has 0 saturated carbocycles. The molecule has 192 valence electrons. The number of aryl methyl sites for hydroxylation is 2. The molecule has 0 aliphatic heterocycles. The smallest absolute Gasteiger partial charge is 0.270 e. The van der Waals surface area contributed by atoms with Crippen molar-refractivity contribution in [3.05, 3.63) is 47.3 Å². The van der Waals surface area contributed by atoms with Crippen LogP contribution in [0.5, 0.6) is 5.75 Å². The summed E-state index contributed by atoms with van der Waals surface area (Å²) in [7, 11) is 9.98. The van der Waals surface area contributed by atoms with E-state index in [-0.39, 0.29) is 48.9 Å². The molecule has 0 radical (unpaired) electrons. The second-order valence-electron chi connectivity index (χ2n) is 8.97. The van der Waals surface area contributed by atoms with E-state index >= 15 is 0 Å². The molecule has 7 nitrogen and oxygen atoms in total. The average Bonchev–Trinajstić information content (AvgIpc) is 3.01. The van der Waals surface area contributed by atoms with Crippen molar-refractivity contribution in [2.75, 3.05) is 41.3 Å². The van der Waals surface area contributed by atoms with E-state index in [0.29, 0.717) is 18.8 Å². The minimum Gasteiger partial charge on any atom is -0.508 e. The van der Waals surface area contributed by atoms with Gasteiger partial charge in [-0.15, -0.1) is 37.2 Å². The fourth-order valence-corrected chi connectivity index (χ4v) is 4.57. The minimum absolute atomic E-state index is 0. The number of carbonyl (C=O) groups excluding carboxylic acids is 1. The van der Waals surface area contributed by atoms with Crippen molar-refractivity contribution in [2.24, 2.45) is 7.05 Å². The van der Waals surface area contributed by atoms with Crippen LogP contribution in [0.4, 0.5) is 0 Å². The van der Waals surface area contributed by atoms with Crippen molar-refractivity contribution >= 4 is 75.7 Å². The molecule has 0 atom stereocenters. The highest BCUT2D eigenvalue weighted by atomic mass is 35.5. The van der Waals surface area contributed by atoms with Gasteiger partial charge in [-0.3, -0.25) is 9.78 Å². The van der Waals surface area contributed by atoms with E-state index in [1.54, 1.807) is 12.3 Å². The number of amides is 1. The summed E-state index contributed by atoms with van der Waals surface area (Å²) >= 11 is 0. The molecule has 0 fully saturated rings. The normalized spacial score (nSPS) is 11.0. The molecule has 4 aromatic rings. The molecule has 4 rings (SSSR count). The largest absolute Gasteiger partial charge is 0.508 e. The lowest BCUT2D eigenvalue weighted by molar-refractivity contribution is 0.0948. The zero-order valence-corrected chi connectivity index (χ0v) is 23.3. The molecule has 2 aromatic heterocycles. The molecule has 0 aliphatic rings. The number of aromatic hydroxyl groups is 1. The van der Waals surface area contributed by atoms with Crippen LogP contribution in [0.3, 0.4) is 0 Å². The molecule has 0 bridgehead atoms. The Bertz CT molecular complexity index is 1350. The highest BCUT2D eigenvalue weighted by molar-refractivity contribution is 6.18. The molecule has 0 spiro atoms. The lowest BCUT2D eigenvalue weighted by atomic mass is 9.98. The number of halogens is 3. The highest BCUT2D eigenvalue weighted by Gasteiger charge is 2.21. The number of likely N-dealkylation sites (N-methyl/N-ethyl adjacent to an activating group) is 1. The number of pyridine rings is 1. The van der Waals surface area contributed by atoms with Gasteiger partial charge in [0.2, 0.25) is 0 Å². The van der Waals surface area contributed by atoms with Crippen LogP contribution < -0.4 is 5.32 Å².